The van der Waals surface area contributed by atoms with Gasteiger partial charge in [0.25, 0.3) is 0 Å². The number of benzene rings is 1. The fourth-order valence-electron chi connectivity index (χ4n) is 2.12. The van der Waals surface area contributed by atoms with Gasteiger partial charge in [0.2, 0.25) is 5.12 Å². The first-order valence-corrected chi connectivity index (χ1v) is 8.90. The molecule has 0 N–H and O–H groups in total. The molecular weight excluding hydrogens is 318 g/mol. The molecule has 1 aromatic heterocycles. The summed E-state index contributed by atoms with van der Waals surface area (Å²) in [6, 6.07) is 7.25. The smallest absolute Gasteiger partial charge is 0.226 e. The number of carbonyl (C=O) groups is 1. The molecule has 0 spiro atoms. The van der Waals surface area contributed by atoms with E-state index in [1.165, 1.54) is 31.0 Å². The van der Waals surface area contributed by atoms with Gasteiger partial charge in [-0.1, -0.05) is 49.5 Å². The minimum atomic E-state index is 0.0514. The van der Waals surface area contributed by atoms with Gasteiger partial charge in [-0.25, -0.2) is 0 Å². The number of aromatic nitrogens is 1. The summed E-state index contributed by atoms with van der Waals surface area (Å²) in [5, 5.41) is 1.52. The number of thioether (sulfide) groups is 1. The van der Waals surface area contributed by atoms with Crippen molar-refractivity contribution in [2.45, 2.75) is 32.6 Å². The lowest BCUT2D eigenvalue weighted by Crippen LogP contribution is -2.08. The van der Waals surface area contributed by atoms with Gasteiger partial charge in [0.1, 0.15) is 11.3 Å². The van der Waals surface area contributed by atoms with Crippen LogP contribution in [0.15, 0.2) is 30.5 Å². The molecule has 0 atom stereocenters. The van der Waals surface area contributed by atoms with Crippen LogP contribution in [0.5, 0.6) is 5.75 Å². The van der Waals surface area contributed by atoms with Crippen molar-refractivity contribution in [1.29, 1.82) is 0 Å². The van der Waals surface area contributed by atoms with Crippen LogP contribution in [-0.4, -0.2) is 22.5 Å². The van der Waals surface area contributed by atoms with E-state index in [1.807, 2.05) is 12.1 Å². The SMILES string of the molecule is CCCCCCSC(=O)COc1ccc(Cl)c2cccnc12. The second-order valence-corrected chi connectivity index (χ2v) is 6.57. The predicted molar refractivity (Wildman–Crippen MR) is 93.9 cm³/mol. The molecule has 0 aliphatic heterocycles. The molecular formula is C17H20ClNO2S. The van der Waals surface area contributed by atoms with Crippen LogP contribution in [0.25, 0.3) is 10.9 Å². The van der Waals surface area contributed by atoms with E-state index in [9.17, 15) is 4.79 Å². The van der Waals surface area contributed by atoms with Gasteiger partial charge < -0.3 is 4.74 Å². The number of unbranched alkanes of at least 4 members (excludes halogenated alkanes) is 3. The molecule has 0 unspecified atom stereocenters. The minimum Gasteiger partial charge on any atom is -0.483 e. The van der Waals surface area contributed by atoms with Gasteiger partial charge in [-0.15, -0.1) is 0 Å². The fourth-order valence-corrected chi connectivity index (χ4v) is 3.06. The van der Waals surface area contributed by atoms with Gasteiger partial charge >= 0.3 is 0 Å². The first-order chi connectivity index (χ1) is 10.7. The molecule has 2 rings (SSSR count). The Morgan fingerprint density at radius 1 is 1.27 bits per heavy atom. The summed E-state index contributed by atoms with van der Waals surface area (Å²) in [4.78, 5) is 16.1. The Hall–Kier alpha value is -1.26. The van der Waals surface area contributed by atoms with E-state index in [0.717, 1.165) is 17.6 Å². The molecule has 0 radical (unpaired) electrons. The first kappa shape index (κ1) is 17.1. The Morgan fingerprint density at radius 2 is 2.14 bits per heavy atom. The van der Waals surface area contributed by atoms with Gasteiger partial charge in [0.05, 0.1) is 5.02 Å². The molecule has 1 aromatic carbocycles. The maximum Gasteiger partial charge on any atom is 0.226 e. The lowest BCUT2D eigenvalue weighted by Gasteiger charge is -2.08. The number of hydrogen-bond donors (Lipinski definition) is 0. The average Bonchev–Trinajstić information content (AvgIpc) is 2.54. The molecule has 2 aromatic rings. The normalized spacial score (nSPS) is 10.8. The van der Waals surface area contributed by atoms with Crippen molar-refractivity contribution in [3.05, 3.63) is 35.5 Å². The molecule has 0 saturated carbocycles. The number of halogens is 1. The Kier molecular flexibility index (Phi) is 7.00. The van der Waals surface area contributed by atoms with Gasteiger partial charge in [-0.2, -0.15) is 0 Å². The third-order valence-corrected chi connectivity index (χ3v) is 4.55. The molecule has 1 heterocycles. The number of nitrogens with zero attached hydrogens (tertiary/aromatic N) is 1. The van der Waals surface area contributed by atoms with Crippen molar-refractivity contribution < 1.29 is 9.53 Å². The quantitative estimate of drug-likeness (QED) is 0.628. The van der Waals surface area contributed by atoms with Crippen molar-refractivity contribution in [1.82, 2.24) is 4.98 Å². The molecule has 0 saturated heterocycles. The van der Waals surface area contributed by atoms with E-state index in [2.05, 4.69) is 11.9 Å². The highest BCUT2D eigenvalue weighted by Gasteiger charge is 2.09. The number of rotatable bonds is 8. The van der Waals surface area contributed by atoms with E-state index in [1.54, 1.807) is 18.3 Å². The lowest BCUT2D eigenvalue weighted by atomic mass is 10.2. The van der Waals surface area contributed by atoms with Crippen molar-refractivity contribution in [3.8, 4) is 5.75 Å². The highest BCUT2D eigenvalue weighted by Crippen LogP contribution is 2.29. The molecule has 0 aliphatic rings. The highest BCUT2D eigenvalue weighted by molar-refractivity contribution is 8.13. The molecule has 3 nitrogen and oxygen atoms in total. The molecule has 118 valence electrons. The van der Waals surface area contributed by atoms with E-state index >= 15 is 0 Å². The molecule has 5 heteroatoms. The summed E-state index contributed by atoms with van der Waals surface area (Å²) in [7, 11) is 0. The van der Waals surface area contributed by atoms with E-state index in [4.69, 9.17) is 16.3 Å². The standard InChI is InChI=1S/C17H20ClNO2S/c1-2-3-4-5-11-22-16(20)12-21-15-9-8-14(18)13-7-6-10-19-17(13)15/h6-10H,2-5,11-12H2,1H3. The minimum absolute atomic E-state index is 0.0514. The summed E-state index contributed by atoms with van der Waals surface area (Å²) in [5.41, 5.74) is 0.691. The van der Waals surface area contributed by atoms with Crippen molar-refractivity contribution in [3.63, 3.8) is 0 Å². The van der Waals surface area contributed by atoms with E-state index in [0.29, 0.717) is 16.3 Å². The summed E-state index contributed by atoms with van der Waals surface area (Å²) < 4.78 is 5.62. The van der Waals surface area contributed by atoms with Gasteiger partial charge in [-0.05, 0) is 30.7 Å². The van der Waals surface area contributed by atoms with Crippen LogP contribution in [0.4, 0.5) is 0 Å². The number of ether oxygens (including phenoxy) is 1. The monoisotopic (exact) mass is 337 g/mol. The van der Waals surface area contributed by atoms with Gasteiger partial charge in [-0.3, -0.25) is 9.78 Å². The number of pyridine rings is 1. The van der Waals surface area contributed by atoms with Gasteiger partial charge in [0, 0.05) is 17.3 Å². The van der Waals surface area contributed by atoms with Crippen LogP contribution >= 0.6 is 23.4 Å². The molecule has 0 amide bonds. The topological polar surface area (TPSA) is 39.2 Å². The van der Waals surface area contributed by atoms with E-state index < -0.39 is 0 Å². The number of carbonyl (C=O) groups excluding carboxylic acids is 1. The van der Waals surface area contributed by atoms with Crippen LogP contribution in [0.1, 0.15) is 32.6 Å². The van der Waals surface area contributed by atoms with Crippen LogP contribution in [0, 0.1) is 0 Å². The maximum absolute atomic E-state index is 11.8. The second kappa shape index (κ2) is 9.01. The van der Waals surface area contributed by atoms with Crippen LogP contribution in [-0.2, 0) is 4.79 Å². The van der Waals surface area contributed by atoms with Crippen LogP contribution in [0.3, 0.4) is 0 Å². The summed E-state index contributed by atoms with van der Waals surface area (Å²) in [6.45, 7) is 2.24. The largest absolute Gasteiger partial charge is 0.483 e. The van der Waals surface area contributed by atoms with Crippen molar-refractivity contribution >= 4 is 39.4 Å². The third kappa shape index (κ3) is 4.89. The molecule has 0 fully saturated rings. The number of fused-ring (bicyclic) bond motifs is 1. The zero-order chi connectivity index (χ0) is 15.8. The summed E-state index contributed by atoms with van der Waals surface area (Å²) in [6.07, 6.45) is 6.39. The lowest BCUT2D eigenvalue weighted by molar-refractivity contribution is -0.112. The van der Waals surface area contributed by atoms with Crippen molar-refractivity contribution in [2.24, 2.45) is 0 Å². The van der Waals surface area contributed by atoms with Crippen LogP contribution < -0.4 is 4.74 Å². The van der Waals surface area contributed by atoms with Gasteiger partial charge in [0.15, 0.2) is 6.61 Å². The zero-order valence-electron chi connectivity index (χ0n) is 12.7. The summed E-state index contributed by atoms with van der Waals surface area (Å²) >= 11 is 7.48. The first-order valence-electron chi connectivity index (χ1n) is 7.54. The molecule has 0 aliphatic carbocycles. The second-order valence-electron chi connectivity index (χ2n) is 5.01. The molecule has 0 bridgehead atoms. The summed E-state index contributed by atoms with van der Waals surface area (Å²) in [5.74, 6) is 1.46. The Bertz CT molecular complexity index is 633. The average molecular weight is 338 g/mol. The molecule has 22 heavy (non-hydrogen) atoms. The third-order valence-electron chi connectivity index (χ3n) is 3.29. The number of hydrogen-bond acceptors (Lipinski definition) is 4. The maximum atomic E-state index is 11.8. The Labute approximate surface area is 140 Å². The zero-order valence-corrected chi connectivity index (χ0v) is 14.3. The Morgan fingerprint density at radius 3 is 2.95 bits per heavy atom. The predicted octanol–water partition coefficient (Wildman–Crippen LogP) is 5.11. The van der Waals surface area contributed by atoms with Crippen molar-refractivity contribution in [2.75, 3.05) is 12.4 Å². The van der Waals surface area contributed by atoms with E-state index in [-0.39, 0.29) is 11.7 Å². The highest BCUT2D eigenvalue weighted by atomic mass is 35.5. The fraction of sp³-hybridized carbons (Fsp3) is 0.412. The Balaban J connectivity index is 1.87. The van der Waals surface area contributed by atoms with Crippen LogP contribution in [0.2, 0.25) is 5.02 Å².